The Morgan fingerprint density at radius 2 is 1.85 bits per heavy atom. The lowest BCUT2D eigenvalue weighted by Crippen LogP contribution is -2.17. The molecule has 6 heteroatoms. The van der Waals surface area contributed by atoms with Gasteiger partial charge in [-0.1, -0.05) is 29.3 Å². The van der Waals surface area contributed by atoms with Gasteiger partial charge in [0.05, 0.1) is 11.2 Å². The van der Waals surface area contributed by atoms with Gasteiger partial charge in [-0.3, -0.25) is 4.79 Å². The Morgan fingerprint density at radius 3 is 2.50 bits per heavy atom. The summed E-state index contributed by atoms with van der Waals surface area (Å²) < 4.78 is 13.4. The molecule has 0 atom stereocenters. The van der Waals surface area contributed by atoms with Crippen molar-refractivity contribution in [2.45, 2.75) is 0 Å². The number of hydrazone groups is 1. The van der Waals surface area contributed by atoms with Gasteiger partial charge in [0.25, 0.3) is 5.91 Å². The average Bonchev–Trinajstić information content (AvgIpc) is 2.42. The second kappa shape index (κ2) is 6.50. The molecule has 2 rings (SSSR count). The topological polar surface area (TPSA) is 41.5 Å². The molecule has 0 saturated heterocycles. The Kier molecular flexibility index (Phi) is 4.71. The normalized spacial score (nSPS) is 10.8. The van der Waals surface area contributed by atoms with E-state index in [0.29, 0.717) is 10.6 Å². The third kappa shape index (κ3) is 3.56. The van der Waals surface area contributed by atoms with Crippen molar-refractivity contribution >= 4 is 35.3 Å². The highest BCUT2D eigenvalue weighted by atomic mass is 35.5. The van der Waals surface area contributed by atoms with Crippen LogP contribution in [0.3, 0.4) is 0 Å². The molecule has 0 radical (unpaired) electrons. The SMILES string of the molecule is O=C(N/N=C\c1c(F)cccc1Cl)c1ccc(Cl)cc1. The summed E-state index contributed by atoms with van der Waals surface area (Å²) in [6.45, 7) is 0. The van der Waals surface area contributed by atoms with Crippen molar-refractivity contribution in [3.05, 3.63) is 69.5 Å². The van der Waals surface area contributed by atoms with Crippen molar-refractivity contribution in [2.24, 2.45) is 5.10 Å². The second-order valence-corrected chi connectivity index (χ2v) is 4.68. The van der Waals surface area contributed by atoms with Gasteiger partial charge in [-0.05, 0) is 36.4 Å². The highest BCUT2D eigenvalue weighted by Gasteiger charge is 2.05. The zero-order chi connectivity index (χ0) is 14.5. The smallest absolute Gasteiger partial charge is 0.267 e. The van der Waals surface area contributed by atoms with Crippen molar-refractivity contribution in [2.75, 3.05) is 0 Å². The van der Waals surface area contributed by atoms with Crippen LogP contribution >= 0.6 is 23.2 Å². The van der Waals surface area contributed by atoms with Crippen LogP contribution in [-0.2, 0) is 0 Å². The molecule has 20 heavy (non-hydrogen) atoms. The van der Waals surface area contributed by atoms with Crippen LogP contribution in [0, 0.1) is 5.82 Å². The van der Waals surface area contributed by atoms with Gasteiger partial charge in [-0.15, -0.1) is 0 Å². The summed E-state index contributed by atoms with van der Waals surface area (Å²) in [4.78, 5) is 11.7. The monoisotopic (exact) mass is 310 g/mol. The Balaban J connectivity index is 2.06. The van der Waals surface area contributed by atoms with Gasteiger partial charge in [-0.2, -0.15) is 5.10 Å². The summed E-state index contributed by atoms with van der Waals surface area (Å²) >= 11 is 11.5. The first kappa shape index (κ1) is 14.5. The minimum Gasteiger partial charge on any atom is -0.267 e. The number of nitrogens with one attached hydrogen (secondary N) is 1. The van der Waals surface area contributed by atoms with Gasteiger partial charge in [-0.25, -0.2) is 9.82 Å². The number of carbonyl (C=O) groups is 1. The predicted molar refractivity (Wildman–Crippen MR) is 77.9 cm³/mol. The number of hydrogen-bond acceptors (Lipinski definition) is 2. The highest BCUT2D eigenvalue weighted by molar-refractivity contribution is 6.33. The minimum absolute atomic E-state index is 0.116. The van der Waals surface area contributed by atoms with Crippen LogP contribution in [0.4, 0.5) is 4.39 Å². The van der Waals surface area contributed by atoms with Gasteiger partial charge < -0.3 is 0 Å². The Hall–Kier alpha value is -1.91. The molecule has 0 spiro atoms. The molecule has 1 amide bonds. The molecule has 0 aliphatic rings. The number of nitrogens with zero attached hydrogens (tertiary/aromatic N) is 1. The largest absolute Gasteiger partial charge is 0.271 e. The Labute approximate surface area is 125 Å². The maximum absolute atomic E-state index is 13.4. The third-order valence-corrected chi connectivity index (χ3v) is 3.05. The first-order valence-corrected chi connectivity index (χ1v) is 6.36. The van der Waals surface area contributed by atoms with Crippen molar-refractivity contribution in [3.8, 4) is 0 Å². The molecule has 0 aromatic heterocycles. The lowest BCUT2D eigenvalue weighted by molar-refractivity contribution is 0.0955. The van der Waals surface area contributed by atoms with E-state index in [1.807, 2.05) is 0 Å². The number of halogens is 3. The quantitative estimate of drug-likeness (QED) is 0.678. The first-order chi connectivity index (χ1) is 9.58. The molecular weight excluding hydrogens is 302 g/mol. The van der Waals surface area contributed by atoms with E-state index in [2.05, 4.69) is 10.5 Å². The summed E-state index contributed by atoms with van der Waals surface area (Å²) in [5, 5.41) is 4.43. The molecule has 0 fully saturated rings. The molecular formula is C14H9Cl2FN2O. The zero-order valence-corrected chi connectivity index (χ0v) is 11.6. The van der Waals surface area contributed by atoms with Gasteiger partial charge in [0.2, 0.25) is 0 Å². The molecule has 0 bridgehead atoms. The highest BCUT2D eigenvalue weighted by Crippen LogP contribution is 2.16. The van der Waals surface area contributed by atoms with Crippen molar-refractivity contribution in [3.63, 3.8) is 0 Å². The van der Waals surface area contributed by atoms with Gasteiger partial charge in [0.15, 0.2) is 0 Å². The molecule has 0 unspecified atom stereocenters. The van der Waals surface area contributed by atoms with Gasteiger partial charge in [0, 0.05) is 16.1 Å². The van der Waals surface area contributed by atoms with E-state index >= 15 is 0 Å². The van der Waals surface area contributed by atoms with Crippen molar-refractivity contribution in [1.29, 1.82) is 0 Å². The van der Waals surface area contributed by atoms with Crippen LogP contribution < -0.4 is 5.43 Å². The minimum atomic E-state index is -0.512. The number of rotatable bonds is 3. The second-order valence-electron chi connectivity index (χ2n) is 3.84. The molecule has 102 valence electrons. The van der Waals surface area contributed by atoms with Crippen LogP contribution in [0.1, 0.15) is 15.9 Å². The van der Waals surface area contributed by atoms with E-state index < -0.39 is 11.7 Å². The fraction of sp³-hybridized carbons (Fsp3) is 0. The number of carbonyl (C=O) groups excluding carboxylic acids is 1. The van der Waals surface area contributed by atoms with Crippen LogP contribution in [0.15, 0.2) is 47.6 Å². The zero-order valence-electron chi connectivity index (χ0n) is 10.1. The molecule has 0 saturated carbocycles. The van der Waals surface area contributed by atoms with Crippen molar-refractivity contribution < 1.29 is 9.18 Å². The van der Waals surface area contributed by atoms with E-state index in [9.17, 15) is 9.18 Å². The van der Waals surface area contributed by atoms with Crippen LogP contribution in [0.5, 0.6) is 0 Å². The van der Waals surface area contributed by atoms with Gasteiger partial charge in [0.1, 0.15) is 5.82 Å². The number of amides is 1. The molecule has 3 nitrogen and oxygen atoms in total. The predicted octanol–water partition coefficient (Wildman–Crippen LogP) is 3.90. The van der Waals surface area contributed by atoms with E-state index in [4.69, 9.17) is 23.2 Å². The summed E-state index contributed by atoms with van der Waals surface area (Å²) in [6.07, 6.45) is 1.16. The molecule has 1 N–H and O–H groups in total. The third-order valence-electron chi connectivity index (χ3n) is 2.47. The summed E-state index contributed by atoms with van der Waals surface area (Å²) in [5.74, 6) is -0.938. The summed E-state index contributed by atoms with van der Waals surface area (Å²) in [5.41, 5.74) is 2.79. The van der Waals surface area contributed by atoms with Crippen molar-refractivity contribution in [1.82, 2.24) is 5.43 Å². The van der Waals surface area contributed by atoms with E-state index in [0.717, 1.165) is 6.21 Å². The molecule has 0 heterocycles. The van der Waals surface area contributed by atoms with Crippen LogP contribution in [0.2, 0.25) is 10.0 Å². The lowest BCUT2D eigenvalue weighted by atomic mass is 10.2. The first-order valence-electron chi connectivity index (χ1n) is 5.61. The molecule has 2 aromatic carbocycles. The maximum atomic E-state index is 13.4. The summed E-state index contributed by atoms with van der Waals surface area (Å²) in [7, 11) is 0. The van der Waals surface area contributed by atoms with Gasteiger partial charge >= 0.3 is 0 Å². The lowest BCUT2D eigenvalue weighted by Gasteiger charge is -2.01. The molecule has 0 aliphatic carbocycles. The fourth-order valence-corrected chi connectivity index (χ4v) is 1.79. The average molecular weight is 311 g/mol. The summed E-state index contributed by atoms with van der Waals surface area (Å²) in [6, 6.07) is 10.6. The Morgan fingerprint density at radius 1 is 1.15 bits per heavy atom. The van der Waals surface area contributed by atoms with E-state index in [1.54, 1.807) is 24.3 Å². The fourth-order valence-electron chi connectivity index (χ4n) is 1.46. The Bertz CT molecular complexity index is 636. The standard InChI is InChI=1S/C14H9Cl2FN2O/c15-10-6-4-9(5-7-10)14(20)19-18-8-11-12(16)2-1-3-13(11)17/h1-8H,(H,19,20)/b18-8-. The maximum Gasteiger partial charge on any atom is 0.271 e. The number of hydrogen-bond donors (Lipinski definition) is 1. The van der Waals surface area contributed by atoms with Crippen LogP contribution in [-0.4, -0.2) is 12.1 Å². The van der Waals surface area contributed by atoms with E-state index in [1.165, 1.54) is 18.2 Å². The molecule has 2 aromatic rings. The number of benzene rings is 2. The van der Waals surface area contributed by atoms with Crippen LogP contribution in [0.25, 0.3) is 0 Å². The molecule has 0 aliphatic heterocycles. The van der Waals surface area contributed by atoms with E-state index in [-0.39, 0.29) is 10.6 Å².